The molecule has 0 unspecified atom stereocenters. The highest BCUT2D eigenvalue weighted by Gasteiger charge is 2.48. The number of aliphatic hydroxyl groups is 3. The number of fused-ring (bicyclic) bond motifs is 8. The fourth-order valence-electron chi connectivity index (χ4n) is 10.9. The van der Waals surface area contributed by atoms with E-state index >= 15 is 0 Å². The largest absolute Gasteiger partial charge is 0.494 e. The van der Waals surface area contributed by atoms with Gasteiger partial charge in [-0.15, -0.1) is 0 Å². The molecule has 2 fully saturated rings. The molecule has 0 saturated carbocycles. The van der Waals surface area contributed by atoms with Crippen LogP contribution < -0.4 is 18.9 Å². The second-order valence-electron chi connectivity index (χ2n) is 21.7. The van der Waals surface area contributed by atoms with E-state index in [-0.39, 0.29) is 24.7 Å². The van der Waals surface area contributed by atoms with Crippen LogP contribution in [0.3, 0.4) is 0 Å². The molecule has 10 atom stereocenters. The molecule has 2 saturated heterocycles. The molecule has 0 amide bonds. The molecule has 6 aromatic carbocycles. The van der Waals surface area contributed by atoms with Crippen molar-refractivity contribution >= 4 is 62.5 Å². The molecule has 19 heteroatoms. The maximum absolute atomic E-state index is 10.8. The van der Waals surface area contributed by atoms with Crippen molar-refractivity contribution in [3.05, 3.63) is 188 Å². The van der Waals surface area contributed by atoms with Gasteiger partial charge in [0.25, 0.3) is 0 Å². The molecule has 0 spiro atoms. The Morgan fingerprint density at radius 3 is 1.40 bits per heavy atom. The number of halogens is 5. The maximum Gasteiger partial charge on any atom is 0.450 e. The zero-order valence-electron chi connectivity index (χ0n) is 49.1. The van der Waals surface area contributed by atoms with Crippen LogP contribution in [0.4, 0.5) is 0 Å². The van der Waals surface area contributed by atoms with Crippen LogP contribution in [0.5, 0.6) is 23.0 Å². The van der Waals surface area contributed by atoms with Crippen molar-refractivity contribution in [1.29, 1.82) is 0 Å². The minimum absolute atomic E-state index is 0.0101. The average Bonchev–Trinajstić information content (AvgIpc) is 1.35. The zero-order chi connectivity index (χ0) is 60.8. The number of hydrogen-bond acceptors (Lipinski definition) is 13. The average molecular weight is 1280 g/mol. The highest BCUT2D eigenvalue weighted by atomic mass is 35.6. The number of rotatable bonds is 14. The summed E-state index contributed by atoms with van der Waals surface area (Å²) in [7, 11) is 0. The summed E-state index contributed by atoms with van der Waals surface area (Å²) in [5, 5.41) is 33.0. The predicted molar refractivity (Wildman–Crippen MR) is 340 cm³/mol. The summed E-state index contributed by atoms with van der Waals surface area (Å²) in [6, 6.07) is 44.3. The maximum atomic E-state index is 10.8. The molecule has 4 heterocycles. The van der Waals surface area contributed by atoms with Crippen LogP contribution >= 0.6 is 57.6 Å². The smallest absolute Gasteiger partial charge is 0.450 e. The van der Waals surface area contributed by atoms with Crippen LogP contribution in [0.15, 0.2) is 133 Å². The van der Waals surface area contributed by atoms with Gasteiger partial charge in [0, 0.05) is 40.3 Å². The van der Waals surface area contributed by atoms with Gasteiger partial charge in [0.2, 0.25) is 0 Å². The molecular weight excluding hydrogens is 1200 g/mol. The van der Waals surface area contributed by atoms with E-state index in [0.717, 1.165) is 94.7 Å². The third-order valence-electron chi connectivity index (χ3n) is 15.5. The Bertz CT molecular complexity index is 2930. The third kappa shape index (κ3) is 19.8. The van der Waals surface area contributed by atoms with Gasteiger partial charge >= 0.3 is 4.96 Å². The van der Waals surface area contributed by atoms with Crippen LogP contribution in [0.1, 0.15) is 116 Å². The van der Waals surface area contributed by atoms with Gasteiger partial charge in [-0.1, -0.05) is 115 Å². The van der Waals surface area contributed by atoms with Crippen molar-refractivity contribution in [2.75, 3.05) is 52.9 Å². The van der Waals surface area contributed by atoms with Gasteiger partial charge in [-0.2, -0.15) is 34.4 Å². The van der Waals surface area contributed by atoms with E-state index in [1.165, 1.54) is 0 Å². The Hall–Kier alpha value is -4.33. The monoisotopic (exact) mass is 1280 g/mol. The van der Waals surface area contributed by atoms with E-state index in [0.29, 0.717) is 93.7 Å². The minimum atomic E-state index is -1.38. The van der Waals surface area contributed by atoms with Crippen molar-refractivity contribution < 1.29 is 62.7 Å². The van der Waals surface area contributed by atoms with E-state index in [1.54, 1.807) is 6.07 Å². The van der Waals surface area contributed by atoms with Gasteiger partial charge < -0.3 is 62.7 Å². The van der Waals surface area contributed by atoms with E-state index in [4.69, 9.17) is 105 Å². The van der Waals surface area contributed by atoms with Crippen LogP contribution in [0.25, 0.3) is 0 Å². The number of hydrogen-bond donors (Lipinski definition) is 3. The first-order valence-electron chi connectivity index (χ1n) is 29.9. The van der Waals surface area contributed by atoms with Gasteiger partial charge in [0.05, 0.1) is 65.1 Å². The first-order valence-corrected chi connectivity index (χ1v) is 31.9. The summed E-state index contributed by atoms with van der Waals surface area (Å²) in [5.74, 6) is 2.90. The summed E-state index contributed by atoms with van der Waals surface area (Å²) in [6.45, 7) is 11.1. The highest BCUT2D eigenvalue weighted by Crippen LogP contribution is 2.45. The summed E-state index contributed by atoms with van der Waals surface area (Å²) < 4.78 is 62.5. The van der Waals surface area contributed by atoms with Gasteiger partial charge in [-0.05, 0) is 147 Å². The lowest BCUT2D eigenvalue weighted by atomic mass is 9.84. The molecule has 10 rings (SSSR count). The van der Waals surface area contributed by atoms with Crippen molar-refractivity contribution in [1.82, 2.24) is 0 Å². The molecule has 0 radical (unpaired) electrons. The van der Waals surface area contributed by atoms with Crippen LogP contribution in [0.2, 0.25) is 10.0 Å². The summed E-state index contributed by atoms with van der Waals surface area (Å²) in [4.78, 5) is -0.750. The van der Waals surface area contributed by atoms with Crippen molar-refractivity contribution in [2.24, 2.45) is 5.92 Å². The number of ether oxygens (including phenoxy) is 10. The summed E-state index contributed by atoms with van der Waals surface area (Å²) in [5.41, 5.74) is 7.72. The van der Waals surface area contributed by atoms with Crippen molar-refractivity contribution in [3.63, 3.8) is 0 Å². The SMILES string of the molecule is CCOc1ccc(Cc2cc3c(cc2Cl)OCCCCCOC[C@H]2O[C@@H]3[C@H](O)[C@@H](O)[C@@H]2O)cc1.CCOc1ccc(Cc2cc3c(cc2Cl)OCCCCCOC[C@H]2O[C@@H]3[C@H](OCc3ccccc3)[C@@H](OCc3ccccc3)[C@@H]2C)cc1.ClB(Cl)Cl. The highest BCUT2D eigenvalue weighted by molar-refractivity contribution is 7.54. The lowest BCUT2D eigenvalue weighted by Gasteiger charge is -2.46. The molecule has 4 aliphatic heterocycles. The molecule has 3 N–H and O–H groups in total. The molecule has 6 aromatic rings. The number of aliphatic hydroxyl groups excluding tert-OH is 3. The molecule has 13 nitrogen and oxygen atoms in total. The molecule has 0 aromatic heterocycles. The first-order chi connectivity index (χ1) is 41.8. The molecule has 4 aliphatic rings. The van der Waals surface area contributed by atoms with Gasteiger partial charge in [-0.25, -0.2) is 0 Å². The topological polar surface area (TPSA) is 153 Å². The second-order valence-corrected chi connectivity index (χ2v) is 24.5. The van der Waals surface area contributed by atoms with Crippen molar-refractivity contribution in [3.8, 4) is 23.0 Å². The summed E-state index contributed by atoms with van der Waals surface area (Å²) in [6.07, 6.45) is -0.268. The Balaban J connectivity index is 0.000000221. The lowest BCUT2D eigenvalue weighted by Crippen LogP contribution is -2.55. The third-order valence-corrected chi connectivity index (χ3v) is 16.2. The molecule has 86 heavy (non-hydrogen) atoms. The Morgan fingerprint density at radius 1 is 0.488 bits per heavy atom. The van der Waals surface area contributed by atoms with E-state index in [1.807, 2.05) is 98.8 Å². The molecule has 0 aliphatic carbocycles. The Morgan fingerprint density at radius 2 is 0.919 bits per heavy atom. The first kappa shape index (κ1) is 67.6. The van der Waals surface area contributed by atoms with E-state index < -0.39 is 47.7 Å². The normalized spacial score (nSPS) is 24.3. The molecular formula is C67H80BCl5O13. The quantitative estimate of drug-likeness (QED) is 0.0888. The van der Waals surface area contributed by atoms with Gasteiger partial charge in [0.1, 0.15) is 65.7 Å². The Kier molecular flexibility index (Phi) is 27.6. The number of benzene rings is 6. The molecule has 4 bridgehead atoms. The zero-order valence-corrected chi connectivity index (χ0v) is 52.9. The minimum Gasteiger partial charge on any atom is -0.494 e. The lowest BCUT2D eigenvalue weighted by molar-refractivity contribution is -0.242. The van der Waals surface area contributed by atoms with Crippen molar-refractivity contribution in [2.45, 2.75) is 140 Å². The van der Waals surface area contributed by atoms with Gasteiger partial charge in [-0.3, -0.25) is 0 Å². The fraction of sp³-hybridized carbons (Fsp3) is 0.463. The fourth-order valence-corrected chi connectivity index (χ4v) is 11.4. The summed E-state index contributed by atoms with van der Waals surface area (Å²) >= 11 is 28.1. The van der Waals surface area contributed by atoms with E-state index in [2.05, 4.69) is 49.4 Å². The molecule has 464 valence electrons. The van der Waals surface area contributed by atoms with Gasteiger partial charge in [0.15, 0.2) is 0 Å². The second kappa shape index (κ2) is 35.2. The van der Waals surface area contributed by atoms with E-state index in [9.17, 15) is 15.3 Å². The van der Waals surface area contributed by atoms with Crippen LogP contribution in [-0.4, -0.2) is 116 Å². The van der Waals surface area contributed by atoms with Crippen LogP contribution in [0, 0.1) is 5.92 Å². The Labute approximate surface area is 532 Å². The standard InChI is InChI=1S/C41H47ClO6.C26H33ClO7.BCl3/c1-3-44-34-19-17-30(18-20-34)23-33-24-35-37(25-36(33)42)45-22-12-6-11-21-43-28-38-29(2)39(46-26-31-13-7-4-8-14-31)41(40(35)48-38)47-27-32-15-9-5-10-16-32;1-2-32-18-8-6-16(7-9-18)12-17-13-19-21(14-20(17)27)33-11-5-3-4-10-31-15-22-23(28)24(29)25(30)26(19)34-22;2-1(3)4/h4-5,7-10,13-20,24-25,29,38-41H,3,6,11-12,21-23,26-28H2,1-2H3;6-9,13-14,22-26,28-30H,2-5,10-12,15H2,1H3;/t29-,38-,39+,40+,41-;22-,23-,24+,25-,26+;/m11./s1. The van der Waals surface area contributed by atoms with Crippen LogP contribution in [-0.2, 0) is 54.5 Å². The predicted octanol–water partition coefficient (Wildman–Crippen LogP) is 14.3.